The predicted molar refractivity (Wildman–Crippen MR) is 102 cm³/mol. The summed E-state index contributed by atoms with van der Waals surface area (Å²) < 4.78 is 6.35. The van der Waals surface area contributed by atoms with Crippen LogP contribution in [-0.2, 0) is 4.74 Å². The van der Waals surface area contributed by atoms with Gasteiger partial charge in [0.05, 0.1) is 18.7 Å². The molecule has 1 unspecified atom stereocenters. The van der Waals surface area contributed by atoms with Gasteiger partial charge in [-0.2, -0.15) is 4.68 Å². The summed E-state index contributed by atoms with van der Waals surface area (Å²) in [4.78, 5) is 21.9. The smallest absolute Gasteiger partial charge is 0.407 e. The van der Waals surface area contributed by atoms with Crippen LogP contribution in [0.5, 0.6) is 0 Å². The summed E-state index contributed by atoms with van der Waals surface area (Å²) in [7, 11) is 1.33. The van der Waals surface area contributed by atoms with Gasteiger partial charge in [-0.15, -0.1) is 16.9 Å². The van der Waals surface area contributed by atoms with Gasteiger partial charge >= 0.3 is 6.09 Å². The molecule has 0 aliphatic heterocycles. The monoisotopic (exact) mass is 371 g/mol. The highest BCUT2D eigenvalue weighted by Crippen LogP contribution is 2.25. The summed E-state index contributed by atoms with van der Waals surface area (Å²) in [6.45, 7) is 5.69. The van der Waals surface area contributed by atoms with E-state index in [-0.39, 0.29) is 6.04 Å². The molecule has 26 heavy (non-hydrogen) atoms. The normalized spacial score (nSPS) is 12.2. The lowest BCUT2D eigenvalue weighted by molar-refractivity contribution is 0.167. The summed E-state index contributed by atoms with van der Waals surface area (Å²) in [5, 5.41) is 8.30. The third-order valence-electron chi connectivity index (χ3n) is 4.07. The molecule has 8 heteroatoms. The number of amides is 1. The van der Waals surface area contributed by atoms with Gasteiger partial charge < -0.3 is 10.1 Å². The van der Waals surface area contributed by atoms with Crippen molar-refractivity contribution in [1.82, 2.24) is 25.1 Å². The molecule has 2 heterocycles. The van der Waals surface area contributed by atoms with Crippen molar-refractivity contribution >= 4 is 28.8 Å². The van der Waals surface area contributed by atoms with Crippen molar-refractivity contribution in [2.45, 2.75) is 31.7 Å². The van der Waals surface area contributed by atoms with Crippen LogP contribution in [-0.4, -0.2) is 39.2 Å². The number of pyridine rings is 1. The maximum absolute atomic E-state index is 11.5. The largest absolute Gasteiger partial charge is 0.453 e. The Labute approximate surface area is 156 Å². The van der Waals surface area contributed by atoms with Gasteiger partial charge in [-0.05, 0) is 50.8 Å². The van der Waals surface area contributed by atoms with Crippen LogP contribution >= 0.6 is 11.8 Å². The van der Waals surface area contributed by atoms with Crippen LogP contribution in [0.3, 0.4) is 0 Å². The molecule has 0 radical (unpaired) electrons. The number of hydrogen-bond donors (Lipinski definition) is 1. The highest BCUT2D eigenvalue weighted by Gasteiger charge is 2.20. The number of thioether (sulfide) groups is 1. The number of hydrogen-bond acceptors (Lipinski definition) is 6. The van der Waals surface area contributed by atoms with Gasteiger partial charge in [-0.3, -0.25) is 0 Å². The van der Waals surface area contributed by atoms with Gasteiger partial charge in [0.15, 0.2) is 11.6 Å². The zero-order valence-corrected chi connectivity index (χ0v) is 16.2. The van der Waals surface area contributed by atoms with Crippen LogP contribution in [0.15, 0.2) is 29.2 Å². The van der Waals surface area contributed by atoms with E-state index in [9.17, 15) is 4.79 Å². The summed E-state index contributed by atoms with van der Waals surface area (Å²) in [5.74, 6) is 1.87. The molecule has 1 amide bonds. The minimum atomic E-state index is -0.517. The number of aromatic nitrogens is 4. The van der Waals surface area contributed by atoms with Crippen molar-refractivity contribution in [3.63, 3.8) is 0 Å². The van der Waals surface area contributed by atoms with E-state index < -0.39 is 6.09 Å². The molecule has 0 aliphatic carbocycles. The fraction of sp³-hybridized carbons (Fsp3) is 0.333. The van der Waals surface area contributed by atoms with E-state index in [1.807, 2.05) is 33.1 Å². The lowest BCUT2D eigenvalue weighted by Crippen LogP contribution is -2.28. The second-order valence-electron chi connectivity index (χ2n) is 5.97. The second kappa shape index (κ2) is 7.33. The predicted octanol–water partition coefficient (Wildman–Crippen LogP) is 3.57. The molecule has 0 saturated carbocycles. The summed E-state index contributed by atoms with van der Waals surface area (Å²) in [5.41, 5.74) is 2.00. The first-order valence-electron chi connectivity index (χ1n) is 8.16. The Kier molecular flexibility index (Phi) is 5.13. The molecule has 7 nitrogen and oxygen atoms in total. The van der Waals surface area contributed by atoms with Crippen molar-refractivity contribution in [3.05, 3.63) is 41.5 Å². The van der Waals surface area contributed by atoms with E-state index in [2.05, 4.69) is 38.3 Å². The number of rotatable bonds is 4. The number of carbonyl (C=O) groups excluding carboxylic acids is 1. The number of nitrogens with one attached hydrogen (secondary N) is 1. The Morgan fingerprint density at radius 2 is 2.04 bits per heavy atom. The topological polar surface area (TPSA) is 81.9 Å². The van der Waals surface area contributed by atoms with Crippen LogP contribution in [0.25, 0.3) is 16.7 Å². The van der Waals surface area contributed by atoms with Crippen LogP contribution in [0.4, 0.5) is 4.79 Å². The molecule has 0 bridgehead atoms. The molecular formula is C18H21N5O2S. The average molecular weight is 371 g/mol. The molecule has 0 fully saturated rings. The molecule has 0 spiro atoms. The van der Waals surface area contributed by atoms with Crippen LogP contribution in [0.1, 0.15) is 30.2 Å². The maximum atomic E-state index is 11.5. The summed E-state index contributed by atoms with van der Waals surface area (Å²) in [6.07, 6.45) is 1.52. The number of methoxy groups -OCH3 is 1. The zero-order valence-electron chi connectivity index (χ0n) is 15.4. The Hall–Kier alpha value is -2.61. The van der Waals surface area contributed by atoms with Gasteiger partial charge in [-0.25, -0.2) is 14.8 Å². The fourth-order valence-electron chi connectivity index (χ4n) is 2.78. The molecule has 1 aromatic carbocycles. The molecule has 0 aliphatic rings. The van der Waals surface area contributed by atoms with E-state index in [0.29, 0.717) is 17.5 Å². The van der Waals surface area contributed by atoms with E-state index in [0.717, 1.165) is 21.4 Å². The van der Waals surface area contributed by atoms with Crippen molar-refractivity contribution in [2.24, 2.45) is 0 Å². The minimum Gasteiger partial charge on any atom is -0.453 e. The maximum Gasteiger partial charge on any atom is 0.407 e. The molecule has 1 atom stereocenters. The lowest BCUT2D eigenvalue weighted by atomic mass is 10.1. The molecule has 1 N–H and O–H groups in total. The van der Waals surface area contributed by atoms with Gasteiger partial charge in [0.25, 0.3) is 0 Å². The Bertz CT molecular complexity index is 970. The van der Waals surface area contributed by atoms with Crippen molar-refractivity contribution in [3.8, 4) is 5.82 Å². The number of carbonyl (C=O) groups is 1. The molecular weight excluding hydrogens is 350 g/mol. The van der Waals surface area contributed by atoms with Crippen molar-refractivity contribution in [2.75, 3.05) is 13.4 Å². The molecule has 3 aromatic rings. The Morgan fingerprint density at radius 3 is 2.73 bits per heavy atom. The van der Waals surface area contributed by atoms with E-state index in [1.165, 1.54) is 7.11 Å². The average Bonchev–Trinajstić information content (AvgIpc) is 3.03. The zero-order chi connectivity index (χ0) is 18.8. The molecule has 136 valence electrons. The van der Waals surface area contributed by atoms with Gasteiger partial charge in [0.1, 0.15) is 5.82 Å². The van der Waals surface area contributed by atoms with Crippen LogP contribution in [0.2, 0.25) is 0 Å². The minimum absolute atomic E-state index is 0.376. The van der Waals surface area contributed by atoms with E-state index in [1.54, 1.807) is 16.4 Å². The molecule has 2 aromatic heterocycles. The summed E-state index contributed by atoms with van der Waals surface area (Å²) in [6, 6.07) is 7.84. The van der Waals surface area contributed by atoms with Gasteiger partial charge in [-0.1, -0.05) is 6.07 Å². The first-order chi connectivity index (χ1) is 12.4. The first-order valence-corrected chi connectivity index (χ1v) is 9.39. The van der Waals surface area contributed by atoms with Crippen molar-refractivity contribution in [1.29, 1.82) is 0 Å². The highest BCUT2D eigenvalue weighted by molar-refractivity contribution is 7.98. The summed E-state index contributed by atoms with van der Waals surface area (Å²) >= 11 is 1.68. The number of fused-ring (bicyclic) bond motifs is 1. The second-order valence-corrected chi connectivity index (χ2v) is 6.85. The molecule has 3 rings (SSSR count). The number of aryl methyl sites for hydroxylation is 2. The SMILES string of the molecule is COC(=O)NC(C)c1nc(C)nn1-c1cc(C)c2ccc(SC)cc2n1. The quantitative estimate of drug-likeness (QED) is 0.706. The van der Waals surface area contributed by atoms with Crippen molar-refractivity contribution < 1.29 is 9.53 Å². The number of nitrogens with zero attached hydrogens (tertiary/aromatic N) is 4. The van der Waals surface area contributed by atoms with Crippen LogP contribution < -0.4 is 5.32 Å². The van der Waals surface area contributed by atoms with Crippen LogP contribution in [0, 0.1) is 13.8 Å². The van der Waals surface area contributed by atoms with E-state index in [4.69, 9.17) is 4.98 Å². The molecule has 0 saturated heterocycles. The number of alkyl carbamates (subject to hydrolysis) is 1. The standard InChI is InChI=1S/C18H21N5O2S/c1-10-8-16(21-15-9-13(26-5)6-7-14(10)15)23-17(20-12(3)22-23)11(2)19-18(24)25-4/h6-9,11H,1-5H3,(H,19,24). The van der Waals surface area contributed by atoms with Gasteiger partial charge in [0, 0.05) is 10.3 Å². The third kappa shape index (κ3) is 3.50. The fourth-order valence-corrected chi connectivity index (χ4v) is 3.21. The Balaban J connectivity index is 2.10. The van der Waals surface area contributed by atoms with E-state index >= 15 is 0 Å². The Morgan fingerprint density at radius 1 is 1.27 bits per heavy atom. The first kappa shape index (κ1) is 18.2. The third-order valence-corrected chi connectivity index (χ3v) is 4.80. The highest BCUT2D eigenvalue weighted by atomic mass is 32.2. The number of ether oxygens (including phenoxy) is 1. The van der Waals surface area contributed by atoms with Gasteiger partial charge in [0.2, 0.25) is 0 Å². The lowest BCUT2D eigenvalue weighted by Gasteiger charge is -2.14. The number of benzene rings is 1.